The number of hydrogen-bond donors (Lipinski definition) is 0. The molecule has 2 bridgehead atoms. The fourth-order valence-electron chi connectivity index (χ4n) is 6.29. The quantitative estimate of drug-likeness (QED) is 0.756. The van der Waals surface area contributed by atoms with Crippen LogP contribution in [0.2, 0.25) is 0 Å². The van der Waals surface area contributed by atoms with Crippen LogP contribution in [0.15, 0.2) is 60.7 Å². The SMILES string of the molecule is C/C=C/C(=O)N1CC2C3c4ccccc4C([C@H](C)OC)(c4ccccc43)C2C1=O. The summed E-state index contributed by atoms with van der Waals surface area (Å²) in [4.78, 5) is 27.9. The van der Waals surface area contributed by atoms with Crippen LogP contribution in [0.4, 0.5) is 0 Å². The molecule has 2 unspecified atom stereocenters. The van der Waals surface area contributed by atoms with E-state index < -0.39 is 5.41 Å². The summed E-state index contributed by atoms with van der Waals surface area (Å²) >= 11 is 0. The van der Waals surface area contributed by atoms with Crippen LogP contribution in [0.25, 0.3) is 0 Å². The summed E-state index contributed by atoms with van der Waals surface area (Å²) in [7, 11) is 1.71. The van der Waals surface area contributed by atoms with E-state index >= 15 is 0 Å². The first-order chi connectivity index (χ1) is 14.1. The van der Waals surface area contributed by atoms with E-state index in [9.17, 15) is 9.59 Å². The highest BCUT2D eigenvalue weighted by molar-refractivity contribution is 6.04. The summed E-state index contributed by atoms with van der Waals surface area (Å²) < 4.78 is 5.95. The van der Waals surface area contributed by atoms with E-state index in [0.29, 0.717) is 6.54 Å². The molecule has 2 amide bonds. The van der Waals surface area contributed by atoms with Gasteiger partial charge in [-0.15, -0.1) is 0 Å². The van der Waals surface area contributed by atoms with Crippen LogP contribution < -0.4 is 0 Å². The Morgan fingerprint density at radius 2 is 1.72 bits per heavy atom. The Morgan fingerprint density at radius 3 is 2.28 bits per heavy atom. The van der Waals surface area contributed by atoms with Gasteiger partial charge >= 0.3 is 0 Å². The topological polar surface area (TPSA) is 46.6 Å². The van der Waals surface area contributed by atoms with Gasteiger partial charge in [0.25, 0.3) is 5.91 Å². The maximum Gasteiger partial charge on any atom is 0.252 e. The molecule has 1 aliphatic heterocycles. The van der Waals surface area contributed by atoms with Crippen molar-refractivity contribution in [3.05, 3.63) is 82.9 Å². The van der Waals surface area contributed by atoms with Gasteiger partial charge in [-0.3, -0.25) is 14.5 Å². The highest BCUT2D eigenvalue weighted by Crippen LogP contribution is 2.65. The second-order valence-electron chi connectivity index (χ2n) is 8.33. The van der Waals surface area contributed by atoms with Gasteiger partial charge in [0.1, 0.15) is 0 Å². The minimum absolute atomic E-state index is 0.0547. The van der Waals surface area contributed by atoms with Crippen molar-refractivity contribution in [2.45, 2.75) is 31.3 Å². The standard InChI is InChI=1S/C25H25NO3/c1-4-9-21(27)26-14-18-22-16-10-5-7-12-19(16)25(15(2)29-3,23(18)24(26)28)20-13-8-6-11-17(20)22/h4-13,15,18,22-23H,14H2,1-3H3/b9-4+/t15-,18?,22?,23?,25?/m0/s1. The van der Waals surface area contributed by atoms with E-state index in [0.717, 1.165) is 0 Å². The Morgan fingerprint density at radius 1 is 1.14 bits per heavy atom. The molecule has 3 aliphatic carbocycles. The average Bonchev–Trinajstić information content (AvgIpc) is 3.11. The van der Waals surface area contributed by atoms with E-state index in [-0.39, 0.29) is 35.7 Å². The van der Waals surface area contributed by atoms with E-state index in [1.807, 2.05) is 12.1 Å². The number of benzene rings is 2. The molecule has 0 spiro atoms. The molecule has 6 rings (SSSR count). The van der Waals surface area contributed by atoms with Crippen LogP contribution in [0.5, 0.6) is 0 Å². The first-order valence-electron chi connectivity index (χ1n) is 10.3. The number of hydrogen-bond acceptors (Lipinski definition) is 3. The lowest BCUT2D eigenvalue weighted by Crippen LogP contribution is -2.58. The van der Waals surface area contributed by atoms with Crippen molar-refractivity contribution in [1.82, 2.24) is 4.90 Å². The van der Waals surface area contributed by atoms with Gasteiger partial charge in [-0.2, -0.15) is 0 Å². The first-order valence-corrected chi connectivity index (χ1v) is 10.3. The van der Waals surface area contributed by atoms with Gasteiger partial charge in [0.2, 0.25) is 5.91 Å². The summed E-state index contributed by atoms with van der Waals surface area (Å²) in [6, 6.07) is 16.9. The molecular weight excluding hydrogens is 362 g/mol. The normalized spacial score (nSPS) is 30.2. The van der Waals surface area contributed by atoms with Crippen molar-refractivity contribution in [3.8, 4) is 0 Å². The fraction of sp³-hybridized carbons (Fsp3) is 0.360. The van der Waals surface area contributed by atoms with Crippen molar-refractivity contribution < 1.29 is 14.3 Å². The van der Waals surface area contributed by atoms with Crippen LogP contribution in [0.1, 0.15) is 42.0 Å². The maximum absolute atomic E-state index is 13.7. The van der Waals surface area contributed by atoms with Crippen molar-refractivity contribution in [1.29, 1.82) is 0 Å². The molecule has 29 heavy (non-hydrogen) atoms. The number of nitrogens with zero attached hydrogens (tertiary/aromatic N) is 1. The zero-order chi connectivity index (χ0) is 20.3. The molecule has 0 radical (unpaired) electrons. The highest BCUT2D eigenvalue weighted by atomic mass is 16.5. The molecular formula is C25H25NO3. The summed E-state index contributed by atoms with van der Waals surface area (Å²) in [6.07, 6.45) is 2.98. The van der Waals surface area contributed by atoms with Gasteiger partial charge in [-0.25, -0.2) is 0 Å². The first kappa shape index (κ1) is 18.3. The lowest BCUT2D eigenvalue weighted by atomic mass is 9.46. The molecule has 0 aromatic heterocycles. The fourth-order valence-corrected chi connectivity index (χ4v) is 6.29. The Kier molecular flexibility index (Phi) is 4.04. The summed E-state index contributed by atoms with van der Waals surface area (Å²) in [5.74, 6) is -0.429. The second-order valence-corrected chi connectivity index (χ2v) is 8.33. The molecule has 4 nitrogen and oxygen atoms in total. The molecule has 2 aromatic carbocycles. The largest absolute Gasteiger partial charge is 0.380 e. The van der Waals surface area contributed by atoms with Crippen molar-refractivity contribution in [3.63, 3.8) is 0 Å². The zero-order valence-electron chi connectivity index (χ0n) is 17.0. The third kappa shape index (κ3) is 2.13. The Labute approximate surface area is 171 Å². The minimum atomic E-state index is -0.594. The number of likely N-dealkylation sites (tertiary alicyclic amines) is 1. The summed E-state index contributed by atoms with van der Waals surface area (Å²) in [5, 5.41) is 0. The van der Waals surface area contributed by atoms with E-state index in [1.165, 1.54) is 33.2 Å². The van der Waals surface area contributed by atoms with Gasteiger partial charge in [-0.1, -0.05) is 54.6 Å². The van der Waals surface area contributed by atoms with Crippen LogP contribution in [0, 0.1) is 11.8 Å². The van der Waals surface area contributed by atoms with Crippen LogP contribution >= 0.6 is 0 Å². The summed E-state index contributed by atoms with van der Waals surface area (Å²) in [6.45, 7) is 4.31. The Bertz CT molecular complexity index is 992. The minimum Gasteiger partial charge on any atom is -0.380 e. The lowest BCUT2D eigenvalue weighted by Gasteiger charge is -2.56. The number of imide groups is 1. The lowest BCUT2D eigenvalue weighted by molar-refractivity contribution is -0.143. The van der Waals surface area contributed by atoms with Gasteiger partial charge in [0.05, 0.1) is 17.4 Å². The number of carbonyl (C=O) groups excluding carboxylic acids is 2. The van der Waals surface area contributed by atoms with Gasteiger partial charge in [0, 0.05) is 25.5 Å². The predicted octanol–water partition coefficient (Wildman–Crippen LogP) is 3.64. The average molecular weight is 387 g/mol. The van der Waals surface area contributed by atoms with Crippen LogP contribution in [-0.2, 0) is 19.7 Å². The van der Waals surface area contributed by atoms with Gasteiger partial charge in [0.15, 0.2) is 0 Å². The molecule has 2 aromatic rings. The number of allylic oxidation sites excluding steroid dienone is 1. The smallest absolute Gasteiger partial charge is 0.252 e. The van der Waals surface area contributed by atoms with E-state index in [2.05, 4.69) is 43.3 Å². The second kappa shape index (κ2) is 6.39. The molecule has 1 fully saturated rings. The molecule has 3 atom stereocenters. The van der Waals surface area contributed by atoms with Crippen LogP contribution in [0.3, 0.4) is 0 Å². The molecule has 4 aliphatic rings. The molecule has 0 N–H and O–H groups in total. The number of amides is 2. The molecule has 1 heterocycles. The summed E-state index contributed by atoms with van der Waals surface area (Å²) in [5.41, 5.74) is 4.29. The van der Waals surface area contributed by atoms with Crippen LogP contribution in [-0.4, -0.2) is 36.5 Å². The number of carbonyl (C=O) groups is 2. The molecule has 4 heteroatoms. The number of methoxy groups -OCH3 is 1. The third-order valence-corrected chi connectivity index (χ3v) is 7.33. The molecule has 1 saturated heterocycles. The van der Waals surface area contributed by atoms with Crippen molar-refractivity contribution in [2.24, 2.45) is 11.8 Å². The Balaban J connectivity index is 1.81. The predicted molar refractivity (Wildman–Crippen MR) is 110 cm³/mol. The highest BCUT2D eigenvalue weighted by Gasteiger charge is 2.67. The van der Waals surface area contributed by atoms with E-state index in [4.69, 9.17) is 4.74 Å². The van der Waals surface area contributed by atoms with Crippen molar-refractivity contribution in [2.75, 3.05) is 13.7 Å². The Hall–Kier alpha value is -2.72. The molecule has 148 valence electrons. The zero-order valence-corrected chi connectivity index (χ0v) is 17.0. The molecule has 0 saturated carbocycles. The van der Waals surface area contributed by atoms with Gasteiger partial charge in [-0.05, 0) is 42.2 Å². The van der Waals surface area contributed by atoms with Gasteiger partial charge < -0.3 is 4.74 Å². The van der Waals surface area contributed by atoms with Crippen molar-refractivity contribution >= 4 is 11.8 Å². The maximum atomic E-state index is 13.7. The monoisotopic (exact) mass is 387 g/mol. The number of rotatable bonds is 3. The number of ether oxygens (including phenoxy) is 1. The third-order valence-electron chi connectivity index (χ3n) is 7.33. The van der Waals surface area contributed by atoms with E-state index in [1.54, 1.807) is 20.1 Å².